The number of phenolic OH excluding ortho intramolecular Hbond substituents is 1. The first kappa shape index (κ1) is 22.5. The lowest BCUT2D eigenvalue weighted by molar-refractivity contribution is -0.113. The van der Waals surface area contributed by atoms with Crippen LogP contribution in [-0.2, 0) is 4.79 Å². The zero-order valence-electron chi connectivity index (χ0n) is 17.9. The van der Waals surface area contributed by atoms with E-state index in [1.165, 1.54) is 22.7 Å². The van der Waals surface area contributed by atoms with E-state index in [-0.39, 0.29) is 17.2 Å². The van der Waals surface area contributed by atoms with Gasteiger partial charge in [0.05, 0.1) is 15.8 Å². The van der Waals surface area contributed by atoms with Gasteiger partial charge in [-0.15, -0.1) is 11.3 Å². The van der Waals surface area contributed by atoms with Gasteiger partial charge >= 0.3 is 0 Å². The first-order valence-electron chi connectivity index (χ1n) is 10.3. The van der Waals surface area contributed by atoms with Crippen LogP contribution in [0.25, 0.3) is 6.08 Å². The molecule has 6 nitrogen and oxygen atoms in total. The maximum Gasteiger partial charge on any atom is 0.271 e. The summed E-state index contributed by atoms with van der Waals surface area (Å²) in [6, 6.07) is 17.5. The smallest absolute Gasteiger partial charge is 0.271 e. The molecule has 9 heteroatoms. The quantitative estimate of drug-likeness (QED) is 0.394. The first-order valence-corrected chi connectivity index (χ1v) is 12.8. The van der Waals surface area contributed by atoms with E-state index >= 15 is 0 Å². The van der Waals surface area contributed by atoms with Crippen LogP contribution in [-0.4, -0.2) is 15.6 Å². The highest BCUT2D eigenvalue weighted by Crippen LogP contribution is 2.33. The van der Waals surface area contributed by atoms with Crippen molar-refractivity contribution in [2.24, 2.45) is 4.99 Å². The van der Waals surface area contributed by atoms with Crippen molar-refractivity contribution in [2.45, 2.75) is 13.0 Å². The molecule has 170 valence electrons. The van der Waals surface area contributed by atoms with Gasteiger partial charge in [0.25, 0.3) is 11.5 Å². The zero-order valence-corrected chi connectivity index (χ0v) is 21.1. The van der Waals surface area contributed by atoms with Crippen LogP contribution in [0.4, 0.5) is 5.69 Å². The molecule has 2 aromatic carbocycles. The summed E-state index contributed by atoms with van der Waals surface area (Å²) in [5.41, 5.74) is 1.91. The summed E-state index contributed by atoms with van der Waals surface area (Å²) >= 11 is 6.12. The van der Waals surface area contributed by atoms with Crippen LogP contribution < -0.4 is 20.2 Å². The molecule has 0 aliphatic carbocycles. The topological polar surface area (TPSA) is 83.7 Å². The molecular weight excluding hydrogens is 534 g/mol. The minimum absolute atomic E-state index is 0.0722. The van der Waals surface area contributed by atoms with Crippen LogP contribution in [0.15, 0.2) is 91.6 Å². The van der Waals surface area contributed by atoms with Crippen LogP contribution in [0, 0.1) is 0 Å². The number of nitrogens with one attached hydrogen (secondary N) is 1. The Hall–Kier alpha value is -3.27. The Morgan fingerprint density at radius 3 is 2.71 bits per heavy atom. The number of benzene rings is 2. The van der Waals surface area contributed by atoms with E-state index in [4.69, 9.17) is 0 Å². The molecule has 0 saturated heterocycles. The van der Waals surface area contributed by atoms with Gasteiger partial charge in [-0.25, -0.2) is 4.99 Å². The number of para-hydroxylation sites is 1. The van der Waals surface area contributed by atoms with Gasteiger partial charge in [-0.1, -0.05) is 51.5 Å². The minimum atomic E-state index is -0.599. The normalized spacial score (nSPS) is 15.7. The molecule has 2 N–H and O–H groups in total. The number of halogens is 1. The molecule has 1 amide bonds. The number of aromatic nitrogens is 1. The summed E-state index contributed by atoms with van der Waals surface area (Å²) in [6.45, 7) is 1.79. The lowest BCUT2D eigenvalue weighted by Gasteiger charge is -2.24. The molecule has 4 aromatic rings. The largest absolute Gasteiger partial charge is 0.507 e. The zero-order chi connectivity index (χ0) is 23.8. The molecular formula is C25H18BrN3O3S2. The van der Waals surface area contributed by atoms with Gasteiger partial charge in [0.1, 0.15) is 11.8 Å². The predicted molar refractivity (Wildman–Crippen MR) is 139 cm³/mol. The van der Waals surface area contributed by atoms with Crippen LogP contribution in [0.1, 0.15) is 23.4 Å². The van der Waals surface area contributed by atoms with E-state index < -0.39 is 6.04 Å². The summed E-state index contributed by atoms with van der Waals surface area (Å²) in [6.07, 6.45) is 1.65. The number of hydrogen-bond donors (Lipinski definition) is 2. The maximum absolute atomic E-state index is 13.6. The molecule has 0 saturated carbocycles. The number of nitrogens with zero attached hydrogens (tertiary/aromatic N) is 2. The van der Waals surface area contributed by atoms with E-state index in [0.717, 1.165) is 9.35 Å². The molecule has 1 aliphatic heterocycles. The summed E-state index contributed by atoms with van der Waals surface area (Å²) < 4.78 is 2.78. The second-order valence-corrected chi connectivity index (χ2v) is 10.5. The minimum Gasteiger partial charge on any atom is -0.507 e. The SMILES string of the molecule is CC1=C(C(=O)Nc2ccccc2)[C@@H](c2cccs2)n2c(s/c(=C\c3cc(Br)ccc3O)c2=O)=N1. The number of carbonyl (C=O) groups excluding carboxylic acids is 1. The van der Waals surface area contributed by atoms with Crippen molar-refractivity contribution in [3.63, 3.8) is 0 Å². The molecule has 3 heterocycles. The number of thiazole rings is 1. The Morgan fingerprint density at radius 1 is 1.18 bits per heavy atom. The van der Waals surface area contributed by atoms with Crippen molar-refractivity contribution in [3.05, 3.63) is 112 Å². The number of rotatable bonds is 4. The molecule has 5 rings (SSSR count). The number of allylic oxidation sites excluding steroid dienone is 1. The maximum atomic E-state index is 13.6. The van der Waals surface area contributed by atoms with E-state index in [1.807, 2.05) is 47.8 Å². The third kappa shape index (κ3) is 4.18. The highest BCUT2D eigenvalue weighted by Gasteiger charge is 2.33. The number of amides is 1. The van der Waals surface area contributed by atoms with Crippen molar-refractivity contribution >= 4 is 56.3 Å². The number of thiophene rings is 1. The van der Waals surface area contributed by atoms with Gasteiger partial charge < -0.3 is 10.4 Å². The van der Waals surface area contributed by atoms with E-state index in [9.17, 15) is 14.7 Å². The average Bonchev–Trinajstić information content (AvgIpc) is 3.45. The van der Waals surface area contributed by atoms with Crippen molar-refractivity contribution in [2.75, 3.05) is 5.32 Å². The third-order valence-corrected chi connectivity index (χ3v) is 7.79. The molecule has 0 fully saturated rings. The lowest BCUT2D eigenvalue weighted by Crippen LogP contribution is -2.40. The number of phenols is 1. The average molecular weight is 552 g/mol. The molecule has 0 radical (unpaired) electrons. The Labute approximate surface area is 211 Å². The Kier molecular flexibility index (Phi) is 6.07. The number of fused-ring (bicyclic) bond motifs is 1. The fourth-order valence-electron chi connectivity index (χ4n) is 3.83. The monoisotopic (exact) mass is 551 g/mol. The fourth-order valence-corrected chi connectivity index (χ4v) is 6.07. The van der Waals surface area contributed by atoms with Gasteiger partial charge in [0, 0.05) is 20.6 Å². The van der Waals surface area contributed by atoms with Crippen LogP contribution in [0.3, 0.4) is 0 Å². The number of aromatic hydroxyl groups is 1. The summed E-state index contributed by atoms with van der Waals surface area (Å²) in [4.78, 5) is 33.0. The number of hydrogen-bond acceptors (Lipinski definition) is 6. The van der Waals surface area contributed by atoms with Crippen LogP contribution >= 0.6 is 38.6 Å². The molecule has 0 spiro atoms. The lowest BCUT2D eigenvalue weighted by atomic mass is 10.0. The van der Waals surface area contributed by atoms with Crippen LogP contribution in [0.2, 0.25) is 0 Å². The summed E-state index contributed by atoms with van der Waals surface area (Å²) in [5.74, 6) is -0.229. The highest BCUT2D eigenvalue weighted by molar-refractivity contribution is 9.10. The third-order valence-electron chi connectivity index (χ3n) is 5.39. The molecule has 2 aromatic heterocycles. The van der Waals surface area contributed by atoms with Gasteiger partial charge in [0.15, 0.2) is 4.80 Å². The molecule has 1 atom stereocenters. The van der Waals surface area contributed by atoms with E-state index in [2.05, 4.69) is 26.2 Å². The van der Waals surface area contributed by atoms with Gasteiger partial charge in [0.2, 0.25) is 0 Å². The van der Waals surface area contributed by atoms with Crippen LogP contribution in [0.5, 0.6) is 5.75 Å². The number of anilines is 1. The van der Waals surface area contributed by atoms with Crippen molar-refractivity contribution in [1.82, 2.24) is 4.57 Å². The summed E-state index contributed by atoms with van der Waals surface area (Å²) in [5, 5.41) is 15.1. The fraction of sp³-hybridized carbons (Fsp3) is 0.0800. The summed E-state index contributed by atoms with van der Waals surface area (Å²) in [7, 11) is 0. The van der Waals surface area contributed by atoms with Gasteiger partial charge in [-0.2, -0.15) is 0 Å². The standard InChI is InChI=1S/C25H18BrN3O3S2/c1-14-21(23(31)28-17-6-3-2-4-7-17)22(19-8-5-11-33-19)29-24(32)20(34-25(29)27-14)13-15-12-16(26)9-10-18(15)30/h2-13,22,30H,1H3,(H,28,31)/b20-13-/t22-/m1/s1. The van der Waals surface area contributed by atoms with Crippen molar-refractivity contribution in [1.29, 1.82) is 0 Å². The van der Waals surface area contributed by atoms with Crippen molar-refractivity contribution in [3.8, 4) is 5.75 Å². The first-order chi connectivity index (χ1) is 16.4. The van der Waals surface area contributed by atoms with Gasteiger partial charge in [-0.05, 0) is 54.8 Å². The van der Waals surface area contributed by atoms with Crippen molar-refractivity contribution < 1.29 is 9.90 Å². The Morgan fingerprint density at radius 2 is 1.97 bits per heavy atom. The Balaban J connectivity index is 1.67. The second kappa shape index (κ2) is 9.17. The van der Waals surface area contributed by atoms with E-state index in [0.29, 0.717) is 31.9 Å². The molecule has 0 unspecified atom stereocenters. The Bertz CT molecular complexity index is 1600. The number of carbonyl (C=O) groups is 1. The predicted octanol–water partition coefficient (Wildman–Crippen LogP) is 4.40. The molecule has 0 bridgehead atoms. The molecule has 1 aliphatic rings. The molecule has 34 heavy (non-hydrogen) atoms. The second-order valence-electron chi connectivity index (χ2n) is 7.62. The van der Waals surface area contributed by atoms with E-state index in [1.54, 1.807) is 35.8 Å². The van der Waals surface area contributed by atoms with Gasteiger partial charge in [-0.3, -0.25) is 14.2 Å². The highest BCUT2D eigenvalue weighted by atomic mass is 79.9.